The number of para-hydroxylation sites is 1. The maximum Gasteiger partial charge on any atom is 0.236 e. The third-order valence-corrected chi connectivity index (χ3v) is 7.31. The number of nitrogens with one attached hydrogen (secondary N) is 1. The first-order valence-corrected chi connectivity index (χ1v) is 12.0. The van der Waals surface area contributed by atoms with Gasteiger partial charge in [-0.15, -0.1) is 10.2 Å². The van der Waals surface area contributed by atoms with E-state index in [4.69, 9.17) is 0 Å². The first-order valence-electron chi connectivity index (χ1n) is 11.2. The molecule has 0 spiro atoms. The van der Waals surface area contributed by atoms with E-state index >= 15 is 0 Å². The first kappa shape index (κ1) is 21.0. The van der Waals surface area contributed by atoms with E-state index in [1.54, 1.807) is 0 Å². The average Bonchev–Trinajstić information content (AvgIpc) is 3.22. The molecule has 6 nitrogen and oxygen atoms in total. The maximum absolute atomic E-state index is 13.2. The molecule has 1 aliphatic rings. The number of carbonyl (C=O) groups excluding carboxylic acids is 1. The summed E-state index contributed by atoms with van der Waals surface area (Å²) in [7, 11) is 0. The van der Waals surface area contributed by atoms with Crippen molar-refractivity contribution in [1.29, 1.82) is 0 Å². The molecule has 5 rings (SSSR count). The van der Waals surface area contributed by atoms with Gasteiger partial charge < -0.3 is 9.80 Å². The van der Waals surface area contributed by atoms with Gasteiger partial charge in [0.2, 0.25) is 5.91 Å². The highest BCUT2D eigenvalue weighted by Gasteiger charge is 2.28. The van der Waals surface area contributed by atoms with Crippen molar-refractivity contribution in [1.82, 2.24) is 19.5 Å². The van der Waals surface area contributed by atoms with Gasteiger partial charge in [-0.1, -0.05) is 60.3 Å². The third-order valence-electron chi connectivity index (χ3n) is 6.28. The third kappa shape index (κ3) is 4.10. The molecule has 164 valence electrons. The number of aryl methyl sites for hydroxylation is 1. The molecule has 3 heterocycles. The molecule has 32 heavy (non-hydrogen) atoms. The summed E-state index contributed by atoms with van der Waals surface area (Å²) >= 11 is 1.50. The molecule has 2 aromatic carbocycles. The molecular weight excluding hydrogens is 418 g/mol. The predicted molar refractivity (Wildman–Crippen MR) is 128 cm³/mol. The minimum Gasteiger partial charge on any atom is -0.330 e. The number of thioether (sulfide) groups is 1. The molecule has 0 radical (unpaired) electrons. The number of aromatic nitrogens is 3. The monoisotopic (exact) mass is 446 g/mol. The van der Waals surface area contributed by atoms with Gasteiger partial charge in [-0.2, -0.15) is 0 Å². The molecule has 0 unspecified atom stereocenters. The Hall–Kier alpha value is -2.90. The number of hydrogen-bond acceptors (Lipinski definition) is 4. The fourth-order valence-corrected chi connectivity index (χ4v) is 5.47. The fraction of sp³-hybridized carbons (Fsp3) is 0.320. The smallest absolute Gasteiger partial charge is 0.236 e. The largest absolute Gasteiger partial charge is 0.330 e. The van der Waals surface area contributed by atoms with Crippen molar-refractivity contribution in [2.75, 3.05) is 26.2 Å². The molecule has 2 aromatic heterocycles. The summed E-state index contributed by atoms with van der Waals surface area (Å²) in [5, 5.41) is 10.5. The van der Waals surface area contributed by atoms with E-state index in [1.165, 1.54) is 33.2 Å². The lowest BCUT2D eigenvalue weighted by atomic mass is 10.1. The van der Waals surface area contributed by atoms with Crippen LogP contribution in [0.5, 0.6) is 0 Å². The number of piperazine rings is 1. The maximum atomic E-state index is 13.2. The molecule has 7 heteroatoms. The molecule has 1 atom stereocenters. The normalized spacial score (nSPS) is 16.0. The zero-order valence-electron chi connectivity index (χ0n) is 18.5. The predicted octanol–water partition coefficient (Wildman–Crippen LogP) is 2.60. The summed E-state index contributed by atoms with van der Waals surface area (Å²) in [6.07, 6.45) is 0. The lowest BCUT2D eigenvalue weighted by Crippen LogP contribution is -3.13. The van der Waals surface area contributed by atoms with Gasteiger partial charge in [0.25, 0.3) is 0 Å². The van der Waals surface area contributed by atoms with Crippen molar-refractivity contribution >= 4 is 34.2 Å². The lowest BCUT2D eigenvalue weighted by molar-refractivity contribution is -0.917. The minimum atomic E-state index is -0.210. The van der Waals surface area contributed by atoms with E-state index in [2.05, 4.69) is 70.1 Å². The van der Waals surface area contributed by atoms with Gasteiger partial charge in [0, 0.05) is 10.9 Å². The van der Waals surface area contributed by atoms with E-state index in [0.29, 0.717) is 0 Å². The van der Waals surface area contributed by atoms with Gasteiger partial charge in [-0.05, 0) is 31.5 Å². The number of benzene rings is 2. The summed E-state index contributed by atoms with van der Waals surface area (Å²) in [4.78, 5) is 16.7. The fourth-order valence-electron chi connectivity index (χ4n) is 4.52. The van der Waals surface area contributed by atoms with Crippen molar-refractivity contribution in [3.05, 3.63) is 71.8 Å². The van der Waals surface area contributed by atoms with Gasteiger partial charge in [-0.25, -0.2) is 0 Å². The van der Waals surface area contributed by atoms with Crippen molar-refractivity contribution in [3.8, 4) is 0 Å². The minimum absolute atomic E-state index is 0.182. The molecule has 0 saturated carbocycles. The topological polar surface area (TPSA) is 54.9 Å². The molecule has 1 N–H and O–H groups in total. The Morgan fingerprint density at radius 3 is 2.56 bits per heavy atom. The van der Waals surface area contributed by atoms with Crippen molar-refractivity contribution < 1.29 is 9.69 Å². The zero-order chi connectivity index (χ0) is 22.1. The summed E-state index contributed by atoms with van der Waals surface area (Å²) in [6.45, 7) is 8.66. The van der Waals surface area contributed by atoms with E-state index in [-0.39, 0.29) is 11.2 Å². The highest BCUT2D eigenvalue weighted by molar-refractivity contribution is 8.00. The Morgan fingerprint density at radius 2 is 1.78 bits per heavy atom. The standard InChI is InChI=1S/C25H27N5OS/c1-18-16-23-26-27-25(30(23)22-11-7-6-10-21(18)22)32-19(2)24(31)29-14-12-28(13-15-29)17-20-8-4-3-5-9-20/h3-11,16,19H,12-15,17H2,1-2H3/p+1/t19-/m1/s1. The Morgan fingerprint density at radius 1 is 1.06 bits per heavy atom. The van der Waals surface area contributed by atoms with Crippen LogP contribution in [0.2, 0.25) is 0 Å². The number of rotatable bonds is 5. The van der Waals surface area contributed by atoms with Gasteiger partial charge in [0.15, 0.2) is 10.8 Å². The molecule has 4 aromatic rings. The summed E-state index contributed by atoms with van der Waals surface area (Å²) < 4.78 is 2.07. The van der Waals surface area contributed by atoms with Crippen molar-refractivity contribution in [2.45, 2.75) is 30.8 Å². The second-order valence-electron chi connectivity index (χ2n) is 8.52. The molecule has 0 bridgehead atoms. The SMILES string of the molecule is Cc1cc2nnc(S[C@H](C)C(=O)N3CC[NH+](Cc4ccccc4)CC3)n2c2ccccc12. The Kier molecular flexibility index (Phi) is 5.85. The highest BCUT2D eigenvalue weighted by atomic mass is 32.2. The van der Waals surface area contributed by atoms with Crippen LogP contribution in [0.4, 0.5) is 0 Å². The van der Waals surface area contributed by atoms with Crippen LogP contribution in [0.25, 0.3) is 16.6 Å². The van der Waals surface area contributed by atoms with Crippen molar-refractivity contribution in [2.24, 2.45) is 0 Å². The number of quaternary nitrogens is 1. The second-order valence-corrected chi connectivity index (χ2v) is 9.83. The molecule has 1 aliphatic heterocycles. The molecule has 0 aliphatic carbocycles. The number of amides is 1. The Bertz CT molecular complexity index is 1250. The number of nitrogens with zero attached hydrogens (tertiary/aromatic N) is 4. The molecule has 1 amide bonds. The van der Waals surface area contributed by atoms with Gasteiger partial charge in [-0.3, -0.25) is 9.20 Å². The summed E-state index contributed by atoms with van der Waals surface area (Å²) in [6, 6.07) is 20.9. The van der Waals surface area contributed by atoms with Crippen LogP contribution < -0.4 is 4.90 Å². The molecule has 1 fully saturated rings. The van der Waals surface area contributed by atoms with Gasteiger partial charge in [0.1, 0.15) is 6.54 Å². The van der Waals surface area contributed by atoms with E-state index in [9.17, 15) is 4.79 Å². The van der Waals surface area contributed by atoms with Gasteiger partial charge >= 0.3 is 0 Å². The highest BCUT2D eigenvalue weighted by Crippen LogP contribution is 2.28. The van der Waals surface area contributed by atoms with Gasteiger partial charge in [0.05, 0.1) is 36.9 Å². The zero-order valence-corrected chi connectivity index (χ0v) is 19.3. The number of fused-ring (bicyclic) bond motifs is 3. The summed E-state index contributed by atoms with van der Waals surface area (Å²) in [5.41, 5.74) is 4.43. The van der Waals surface area contributed by atoms with Crippen LogP contribution in [-0.4, -0.2) is 56.8 Å². The first-order chi connectivity index (χ1) is 15.6. The molecule has 1 saturated heterocycles. The van der Waals surface area contributed by atoms with Crippen LogP contribution in [0.3, 0.4) is 0 Å². The van der Waals surface area contributed by atoms with Crippen LogP contribution in [0, 0.1) is 6.92 Å². The van der Waals surface area contributed by atoms with Crippen molar-refractivity contribution in [3.63, 3.8) is 0 Å². The Balaban J connectivity index is 1.27. The number of pyridine rings is 1. The van der Waals surface area contributed by atoms with E-state index in [0.717, 1.165) is 49.0 Å². The van der Waals surface area contributed by atoms with E-state index < -0.39 is 0 Å². The Labute approximate surface area is 192 Å². The average molecular weight is 447 g/mol. The number of carbonyl (C=O) groups is 1. The van der Waals surface area contributed by atoms with Crippen LogP contribution in [0.1, 0.15) is 18.1 Å². The summed E-state index contributed by atoms with van der Waals surface area (Å²) in [5.74, 6) is 0.182. The van der Waals surface area contributed by atoms with E-state index in [1.807, 2.05) is 24.0 Å². The molecular formula is C25H28N5OS+. The van der Waals surface area contributed by atoms with Crippen LogP contribution in [-0.2, 0) is 11.3 Å². The van der Waals surface area contributed by atoms with Crippen LogP contribution in [0.15, 0.2) is 65.8 Å². The lowest BCUT2D eigenvalue weighted by Gasteiger charge is -2.33. The van der Waals surface area contributed by atoms with Crippen LogP contribution >= 0.6 is 11.8 Å². The second kappa shape index (κ2) is 8.92. The number of hydrogen-bond donors (Lipinski definition) is 1. The quantitative estimate of drug-likeness (QED) is 0.479.